The second-order valence-corrected chi connectivity index (χ2v) is 6.86. The molecule has 1 aromatic rings. The molecule has 0 N–H and O–H groups in total. The van der Waals surface area contributed by atoms with Gasteiger partial charge in [-0.1, -0.05) is 13.3 Å². The van der Waals surface area contributed by atoms with Crippen molar-refractivity contribution in [3.63, 3.8) is 0 Å². The second kappa shape index (κ2) is 7.19. The molecule has 1 aromatic carbocycles. The molecule has 0 bridgehead atoms. The van der Waals surface area contributed by atoms with Gasteiger partial charge in [-0.2, -0.15) is 21.6 Å². The van der Waals surface area contributed by atoms with E-state index in [0.29, 0.717) is 6.42 Å². The fourth-order valence-corrected chi connectivity index (χ4v) is 2.75. The first-order valence-electron chi connectivity index (χ1n) is 7.43. The van der Waals surface area contributed by atoms with Gasteiger partial charge in [-0.25, -0.2) is 8.78 Å². The van der Waals surface area contributed by atoms with Gasteiger partial charge in [-0.15, -0.1) is 0 Å². The van der Waals surface area contributed by atoms with Crippen LogP contribution in [0.25, 0.3) is 5.76 Å². The highest BCUT2D eigenvalue weighted by molar-refractivity contribution is 7.87. The van der Waals surface area contributed by atoms with Crippen LogP contribution in [0.5, 0.6) is 5.75 Å². The van der Waals surface area contributed by atoms with E-state index < -0.39 is 38.8 Å². The Morgan fingerprint density at radius 1 is 1.24 bits per heavy atom. The molecule has 0 saturated carbocycles. The minimum Gasteiger partial charge on any atom is -0.488 e. The molecule has 4 nitrogen and oxygen atoms in total. The number of fused-ring (bicyclic) bond motifs is 1. The molecule has 2 rings (SSSR count). The monoisotopic (exact) mass is 386 g/mol. The Morgan fingerprint density at radius 2 is 1.92 bits per heavy atom. The molecule has 0 atom stereocenters. The normalized spacial score (nSPS) is 14.7. The van der Waals surface area contributed by atoms with Crippen molar-refractivity contribution in [1.29, 1.82) is 0 Å². The maximum atomic E-state index is 14.5. The summed E-state index contributed by atoms with van der Waals surface area (Å²) < 4.78 is 97.3. The van der Waals surface area contributed by atoms with Crippen LogP contribution in [0.15, 0.2) is 12.1 Å². The molecular formula is C15H15F5O4S. The van der Waals surface area contributed by atoms with Gasteiger partial charge in [0.1, 0.15) is 5.76 Å². The number of hydrogen-bond donors (Lipinski definition) is 0. The van der Waals surface area contributed by atoms with Crippen molar-refractivity contribution in [2.75, 3.05) is 6.61 Å². The molecule has 140 valence electrons. The van der Waals surface area contributed by atoms with Crippen LogP contribution in [0.3, 0.4) is 0 Å². The van der Waals surface area contributed by atoms with Crippen LogP contribution < -0.4 is 4.74 Å². The van der Waals surface area contributed by atoms with E-state index in [9.17, 15) is 30.4 Å². The van der Waals surface area contributed by atoms with E-state index >= 15 is 0 Å². The summed E-state index contributed by atoms with van der Waals surface area (Å²) >= 11 is 0. The Balaban J connectivity index is 2.39. The molecular weight excluding hydrogens is 371 g/mol. The fraction of sp³-hybridized carbons (Fsp3) is 0.467. The van der Waals surface area contributed by atoms with Gasteiger partial charge >= 0.3 is 15.6 Å². The van der Waals surface area contributed by atoms with Gasteiger partial charge in [0.15, 0.2) is 17.4 Å². The lowest BCUT2D eigenvalue weighted by atomic mass is 9.95. The minimum atomic E-state index is -5.94. The average Bonchev–Trinajstić information content (AvgIpc) is 2.50. The van der Waals surface area contributed by atoms with Crippen LogP contribution in [0.4, 0.5) is 22.0 Å². The van der Waals surface area contributed by atoms with Gasteiger partial charge in [0.05, 0.1) is 6.61 Å². The maximum absolute atomic E-state index is 14.5. The number of hydrogen-bond acceptors (Lipinski definition) is 4. The van der Waals surface area contributed by atoms with E-state index in [-0.39, 0.29) is 30.6 Å². The third-order valence-electron chi connectivity index (χ3n) is 3.49. The van der Waals surface area contributed by atoms with E-state index in [2.05, 4.69) is 4.18 Å². The van der Waals surface area contributed by atoms with Crippen LogP contribution in [0, 0.1) is 11.6 Å². The van der Waals surface area contributed by atoms with Crippen LogP contribution in [-0.2, 0) is 20.7 Å². The lowest BCUT2D eigenvalue weighted by Crippen LogP contribution is -2.25. The number of rotatable bonds is 6. The number of unbranched alkanes of at least 4 members (excludes halogenated alkanes) is 1. The molecule has 25 heavy (non-hydrogen) atoms. The largest absolute Gasteiger partial charge is 0.534 e. The number of allylic oxidation sites excluding steroid dienone is 1. The van der Waals surface area contributed by atoms with Crippen molar-refractivity contribution >= 4 is 15.9 Å². The summed E-state index contributed by atoms with van der Waals surface area (Å²) in [5.74, 6) is -3.60. The first-order valence-corrected chi connectivity index (χ1v) is 8.84. The predicted molar refractivity (Wildman–Crippen MR) is 79.1 cm³/mol. The van der Waals surface area contributed by atoms with Crippen molar-refractivity contribution in [1.82, 2.24) is 0 Å². The van der Waals surface area contributed by atoms with E-state index in [1.54, 1.807) is 0 Å². The van der Waals surface area contributed by atoms with Crippen LogP contribution >= 0.6 is 0 Å². The van der Waals surface area contributed by atoms with Gasteiger partial charge in [0.2, 0.25) is 0 Å². The zero-order valence-corrected chi connectivity index (χ0v) is 13.9. The Bertz CT molecular complexity index is 784. The quantitative estimate of drug-likeness (QED) is 0.317. The summed E-state index contributed by atoms with van der Waals surface area (Å²) in [6, 6.07) is 0.719. The van der Waals surface area contributed by atoms with Gasteiger partial charge in [0, 0.05) is 11.1 Å². The molecule has 1 aliphatic rings. The first kappa shape index (κ1) is 19.5. The Morgan fingerprint density at radius 3 is 2.52 bits per heavy atom. The first-order chi connectivity index (χ1) is 11.6. The molecule has 0 amide bonds. The fourth-order valence-electron chi connectivity index (χ4n) is 2.26. The van der Waals surface area contributed by atoms with E-state index in [1.807, 2.05) is 6.92 Å². The van der Waals surface area contributed by atoms with Gasteiger partial charge < -0.3 is 8.92 Å². The highest BCUT2D eigenvalue weighted by atomic mass is 32.2. The number of alkyl halides is 3. The zero-order chi connectivity index (χ0) is 18.8. The van der Waals surface area contributed by atoms with Crippen LogP contribution in [-0.4, -0.2) is 20.5 Å². The maximum Gasteiger partial charge on any atom is 0.534 e. The standard InChI is InChI=1S/C15H15F5O4S/c1-2-3-7-23-14-11(16)8-10-9(13(14)17)5-4-6-12(10)24-25(21,22)15(18,19)20/h6,8H,2-5,7H2,1H3. The smallest absolute Gasteiger partial charge is 0.488 e. The van der Waals surface area contributed by atoms with E-state index in [4.69, 9.17) is 4.74 Å². The summed E-state index contributed by atoms with van der Waals surface area (Å²) in [7, 11) is -5.94. The minimum absolute atomic E-state index is 0.0344. The van der Waals surface area contributed by atoms with Crippen LogP contribution in [0.1, 0.15) is 37.3 Å². The third-order valence-corrected chi connectivity index (χ3v) is 4.46. The number of benzene rings is 1. The molecule has 0 saturated heterocycles. The Labute approximate surface area is 141 Å². The van der Waals surface area contributed by atoms with Crippen molar-refractivity contribution in [2.24, 2.45) is 0 Å². The highest BCUT2D eigenvalue weighted by Crippen LogP contribution is 2.38. The summed E-state index contributed by atoms with van der Waals surface area (Å²) in [5.41, 5.74) is -6.18. The average molecular weight is 386 g/mol. The molecule has 0 aromatic heterocycles. The molecule has 1 aliphatic carbocycles. The SMILES string of the molecule is CCCCOc1c(F)cc2c(c1F)CCC=C2OS(=O)(=O)C(F)(F)F. The van der Waals surface area contributed by atoms with E-state index in [1.165, 1.54) is 0 Å². The summed E-state index contributed by atoms with van der Waals surface area (Å²) in [4.78, 5) is 0. The third kappa shape index (κ3) is 4.05. The van der Waals surface area contributed by atoms with Crippen LogP contribution in [0.2, 0.25) is 0 Å². The Kier molecular flexibility index (Phi) is 5.60. The summed E-state index contributed by atoms with van der Waals surface area (Å²) in [6.07, 6.45) is 2.43. The molecule has 10 heteroatoms. The van der Waals surface area contributed by atoms with Crippen molar-refractivity contribution < 1.29 is 39.3 Å². The molecule has 0 spiro atoms. The molecule has 0 heterocycles. The van der Waals surface area contributed by atoms with Gasteiger partial charge in [0.25, 0.3) is 0 Å². The van der Waals surface area contributed by atoms with Crippen molar-refractivity contribution in [2.45, 2.75) is 38.1 Å². The number of ether oxygens (including phenoxy) is 1. The molecule has 0 fully saturated rings. The summed E-state index contributed by atoms with van der Waals surface area (Å²) in [6.45, 7) is 1.93. The topological polar surface area (TPSA) is 52.6 Å². The lowest BCUT2D eigenvalue weighted by molar-refractivity contribution is -0.0509. The highest BCUT2D eigenvalue weighted by Gasteiger charge is 2.49. The van der Waals surface area contributed by atoms with E-state index in [0.717, 1.165) is 18.6 Å². The predicted octanol–water partition coefficient (Wildman–Crippen LogP) is 4.30. The Hall–Kier alpha value is -1.84. The second-order valence-electron chi connectivity index (χ2n) is 5.32. The zero-order valence-electron chi connectivity index (χ0n) is 13.1. The number of halogens is 5. The van der Waals surface area contributed by atoms with Crippen molar-refractivity contribution in [3.8, 4) is 5.75 Å². The van der Waals surface area contributed by atoms with Crippen molar-refractivity contribution in [3.05, 3.63) is 34.9 Å². The van der Waals surface area contributed by atoms with Gasteiger partial charge in [-0.05, 0) is 31.4 Å². The molecule has 0 radical (unpaired) electrons. The molecule has 0 unspecified atom stereocenters. The lowest BCUT2D eigenvalue weighted by Gasteiger charge is -2.21. The van der Waals surface area contributed by atoms with Gasteiger partial charge in [-0.3, -0.25) is 0 Å². The molecule has 0 aliphatic heterocycles. The summed E-state index contributed by atoms with van der Waals surface area (Å²) in [5, 5.41) is 0.